The minimum atomic E-state index is -3.32. The molecule has 0 N–H and O–H groups in total. The first kappa shape index (κ1) is 19.9. The zero-order valence-electron chi connectivity index (χ0n) is 15.9. The highest BCUT2D eigenvalue weighted by atomic mass is 32.2. The Bertz CT molecular complexity index is 970. The lowest BCUT2D eigenvalue weighted by Crippen LogP contribution is -2.41. The molecule has 7 heteroatoms. The predicted octanol–water partition coefficient (Wildman–Crippen LogP) is 2.98. The summed E-state index contributed by atoms with van der Waals surface area (Å²) >= 11 is 0. The van der Waals surface area contributed by atoms with Gasteiger partial charge in [-0.05, 0) is 30.2 Å². The number of benzene rings is 2. The van der Waals surface area contributed by atoms with Crippen molar-refractivity contribution in [3.8, 4) is 11.5 Å². The molecular weight excluding hydrogens is 378 g/mol. The van der Waals surface area contributed by atoms with Gasteiger partial charge in [0.1, 0.15) is 11.5 Å². The number of carbonyl (C=O) groups excluding carboxylic acids is 1. The van der Waals surface area contributed by atoms with Crippen LogP contribution in [0.1, 0.15) is 12.0 Å². The molecule has 0 spiro atoms. The standard InChI is InChI=1S/C21H23NO5S/c1-26-18-9-10-19(20(14-18)27-2)22(17-12-13-28(24,25)15-17)21(23)11-8-16-6-4-3-5-7-16/h3-7,9-10,12-14,17H,8,11,15H2,1-2H3. The summed E-state index contributed by atoms with van der Waals surface area (Å²) in [5, 5.41) is 1.17. The fourth-order valence-corrected chi connectivity index (χ4v) is 4.49. The van der Waals surface area contributed by atoms with E-state index in [2.05, 4.69) is 0 Å². The van der Waals surface area contributed by atoms with Crippen molar-refractivity contribution in [3.63, 3.8) is 0 Å². The second kappa shape index (κ2) is 8.48. The molecule has 6 nitrogen and oxygen atoms in total. The Balaban J connectivity index is 1.91. The summed E-state index contributed by atoms with van der Waals surface area (Å²) in [7, 11) is -0.270. The van der Waals surface area contributed by atoms with Crippen molar-refractivity contribution in [1.29, 1.82) is 0 Å². The summed E-state index contributed by atoms with van der Waals surface area (Å²) in [4.78, 5) is 14.7. The zero-order valence-corrected chi connectivity index (χ0v) is 16.7. The summed E-state index contributed by atoms with van der Waals surface area (Å²) in [6, 6.07) is 14.3. The van der Waals surface area contributed by atoms with E-state index in [-0.39, 0.29) is 18.1 Å². The van der Waals surface area contributed by atoms with E-state index in [1.807, 2.05) is 30.3 Å². The van der Waals surface area contributed by atoms with Crippen LogP contribution in [0.25, 0.3) is 0 Å². The molecule has 2 aromatic rings. The number of carbonyl (C=O) groups is 1. The molecule has 0 aliphatic carbocycles. The maximum Gasteiger partial charge on any atom is 0.228 e. The Morgan fingerprint density at radius 1 is 1.11 bits per heavy atom. The summed E-state index contributed by atoms with van der Waals surface area (Å²) < 4.78 is 34.6. The van der Waals surface area contributed by atoms with Gasteiger partial charge in [0.25, 0.3) is 0 Å². The number of anilines is 1. The van der Waals surface area contributed by atoms with Gasteiger partial charge in [-0.1, -0.05) is 30.3 Å². The molecule has 1 atom stereocenters. The number of hydrogen-bond acceptors (Lipinski definition) is 5. The molecule has 0 aromatic heterocycles. The molecule has 0 saturated carbocycles. The van der Waals surface area contributed by atoms with Crippen molar-refractivity contribution in [2.45, 2.75) is 18.9 Å². The number of sulfone groups is 1. The van der Waals surface area contributed by atoms with Crippen LogP contribution in [0.15, 0.2) is 60.0 Å². The lowest BCUT2D eigenvalue weighted by molar-refractivity contribution is -0.118. The zero-order chi connectivity index (χ0) is 20.1. The van der Waals surface area contributed by atoms with E-state index in [0.717, 1.165) is 5.56 Å². The van der Waals surface area contributed by atoms with Crippen LogP contribution in [0.5, 0.6) is 11.5 Å². The average molecular weight is 401 g/mol. The minimum Gasteiger partial charge on any atom is -0.497 e. The number of aryl methyl sites for hydroxylation is 1. The highest BCUT2D eigenvalue weighted by Gasteiger charge is 2.32. The summed E-state index contributed by atoms with van der Waals surface area (Å²) in [6.45, 7) is 0. The van der Waals surface area contributed by atoms with Crippen LogP contribution in [0.3, 0.4) is 0 Å². The molecule has 0 bridgehead atoms. The molecule has 0 fully saturated rings. The van der Waals surface area contributed by atoms with Crippen molar-refractivity contribution < 1.29 is 22.7 Å². The molecule has 1 aliphatic rings. The molecule has 0 saturated heterocycles. The van der Waals surface area contributed by atoms with Gasteiger partial charge in [-0.15, -0.1) is 0 Å². The Labute approximate surface area is 165 Å². The van der Waals surface area contributed by atoms with Crippen LogP contribution in [-0.4, -0.2) is 40.3 Å². The molecule has 1 heterocycles. The summed E-state index contributed by atoms with van der Waals surface area (Å²) in [5.74, 6) is 0.732. The van der Waals surface area contributed by atoms with Gasteiger partial charge in [-0.2, -0.15) is 0 Å². The van der Waals surface area contributed by atoms with E-state index < -0.39 is 15.9 Å². The van der Waals surface area contributed by atoms with Gasteiger partial charge in [-0.3, -0.25) is 4.79 Å². The van der Waals surface area contributed by atoms with Crippen molar-refractivity contribution in [3.05, 3.63) is 65.6 Å². The number of ether oxygens (including phenoxy) is 2. The fraction of sp³-hybridized carbons (Fsp3) is 0.286. The fourth-order valence-electron chi connectivity index (χ4n) is 3.22. The molecule has 28 heavy (non-hydrogen) atoms. The van der Waals surface area contributed by atoms with E-state index in [4.69, 9.17) is 9.47 Å². The number of amides is 1. The molecule has 0 radical (unpaired) electrons. The molecule has 148 valence electrons. The minimum absolute atomic E-state index is 0.140. The SMILES string of the molecule is COc1ccc(N(C(=O)CCc2ccccc2)C2C=CS(=O)(=O)C2)c(OC)c1. The molecular formula is C21H23NO5S. The van der Waals surface area contributed by atoms with Crippen LogP contribution in [0.2, 0.25) is 0 Å². The third-order valence-electron chi connectivity index (χ3n) is 4.63. The van der Waals surface area contributed by atoms with Crippen LogP contribution < -0.4 is 14.4 Å². The van der Waals surface area contributed by atoms with Crippen LogP contribution in [-0.2, 0) is 21.1 Å². The topological polar surface area (TPSA) is 72.9 Å². The first-order valence-corrected chi connectivity index (χ1v) is 10.6. The van der Waals surface area contributed by atoms with E-state index >= 15 is 0 Å². The number of nitrogens with zero attached hydrogens (tertiary/aromatic N) is 1. The summed E-state index contributed by atoms with van der Waals surface area (Å²) in [5.41, 5.74) is 1.57. The number of methoxy groups -OCH3 is 2. The second-order valence-electron chi connectivity index (χ2n) is 6.51. The van der Waals surface area contributed by atoms with Crippen molar-refractivity contribution in [2.75, 3.05) is 24.9 Å². The van der Waals surface area contributed by atoms with E-state index in [0.29, 0.717) is 23.6 Å². The Morgan fingerprint density at radius 2 is 1.86 bits per heavy atom. The van der Waals surface area contributed by atoms with Crippen LogP contribution >= 0.6 is 0 Å². The first-order valence-electron chi connectivity index (χ1n) is 8.92. The second-order valence-corrected chi connectivity index (χ2v) is 8.44. The molecule has 1 amide bonds. The lowest BCUT2D eigenvalue weighted by Gasteiger charge is -2.29. The quantitative estimate of drug-likeness (QED) is 0.713. The van der Waals surface area contributed by atoms with Gasteiger partial charge >= 0.3 is 0 Å². The number of hydrogen-bond donors (Lipinski definition) is 0. The third kappa shape index (κ3) is 4.54. The van der Waals surface area contributed by atoms with Gasteiger partial charge in [0.2, 0.25) is 5.91 Å². The normalized spacial score (nSPS) is 17.3. The van der Waals surface area contributed by atoms with E-state index in [1.54, 1.807) is 31.4 Å². The molecule has 2 aromatic carbocycles. The predicted molar refractivity (Wildman–Crippen MR) is 109 cm³/mol. The Morgan fingerprint density at radius 3 is 2.46 bits per heavy atom. The van der Waals surface area contributed by atoms with Crippen LogP contribution in [0, 0.1) is 0 Å². The average Bonchev–Trinajstić information content (AvgIpc) is 3.06. The first-order chi connectivity index (χ1) is 13.4. The monoisotopic (exact) mass is 401 g/mol. The molecule has 3 rings (SSSR count). The number of rotatable bonds is 7. The van der Waals surface area contributed by atoms with Crippen molar-refractivity contribution in [1.82, 2.24) is 0 Å². The van der Waals surface area contributed by atoms with Gasteiger partial charge in [-0.25, -0.2) is 8.42 Å². The highest BCUT2D eigenvalue weighted by molar-refractivity contribution is 7.94. The summed E-state index contributed by atoms with van der Waals surface area (Å²) in [6.07, 6.45) is 2.38. The largest absolute Gasteiger partial charge is 0.497 e. The molecule has 1 unspecified atom stereocenters. The lowest BCUT2D eigenvalue weighted by atomic mass is 10.1. The van der Waals surface area contributed by atoms with Crippen molar-refractivity contribution >= 4 is 21.4 Å². The van der Waals surface area contributed by atoms with Gasteiger partial charge in [0.05, 0.1) is 31.7 Å². The van der Waals surface area contributed by atoms with E-state index in [1.165, 1.54) is 17.4 Å². The van der Waals surface area contributed by atoms with Gasteiger partial charge in [0, 0.05) is 17.9 Å². The molecule has 1 aliphatic heterocycles. The van der Waals surface area contributed by atoms with Gasteiger partial charge < -0.3 is 14.4 Å². The maximum absolute atomic E-state index is 13.1. The van der Waals surface area contributed by atoms with Crippen molar-refractivity contribution in [2.24, 2.45) is 0 Å². The van der Waals surface area contributed by atoms with E-state index in [9.17, 15) is 13.2 Å². The smallest absolute Gasteiger partial charge is 0.228 e. The van der Waals surface area contributed by atoms with Gasteiger partial charge in [0.15, 0.2) is 9.84 Å². The Kier molecular flexibility index (Phi) is 6.04. The third-order valence-corrected chi connectivity index (χ3v) is 6.01. The maximum atomic E-state index is 13.1. The highest BCUT2D eigenvalue weighted by Crippen LogP contribution is 2.35. The Hall–Kier alpha value is -2.80. The van der Waals surface area contributed by atoms with Crippen LogP contribution in [0.4, 0.5) is 5.69 Å².